The fourth-order valence-corrected chi connectivity index (χ4v) is 2.11. The third-order valence-corrected chi connectivity index (χ3v) is 3.56. The van der Waals surface area contributed by atoms with Crippen LogP contribution in [-0.2, 0) is 19.1 Å². The van der Waals surface area contributed by atoms with Crippen molar-refractivity contribution in [3.8, 4) is 0 Å². The molecule has 0 bridgehead atoms. The average Bonchev–Trinajstić information content (AvgIpc) is 2.50. The van der Waals surface area contributed by atoms with Crippen LogP contribution in [0, 0.1) is 0 Å². The molecule has 0 saturated carbocycles. The number of carbonyl (C=O) groups is 3. The van der Waals surface area contributed by atoms with E-state index in [0.29, 0.717) is 6.42 Å². The molecule has 0 saturated heterocycles. The van der Waals surface area contributed by atoms with E-state index in [1.165, 1.54) is 32.6 Å². The molecule has 0 amide bonds. The van der Waals surface area contributed by atoms with Gasteiger partial charge in [-0.1, -0.05) is 59.0 Å². The molecule has 0 aromatic rings. The molecule has 0 aliphatic heterocycles. The molecule has 22 heavy (non-hydrogen) atoms. The topological polar surface area (TPSA) is 60.4 Å². The monoisotopic (exact) mass is 310 g/mol. The lowest BCUT2D eigenvalue weighted by Gasteiger charge is -2.16. The van der Waals surface area contributed by atoms with E-state index < -0.39 is 23.6 Å². The van der Waals surface area contributed by atoms with Crippen LogP contribution in [0.15, 0.2) is 12.2 Å². The van der Waals surface area contributed by atoms with Gasteiger partial charge in [0.2, 0.25) is 11.6 Å². The molecule has 0 fully saturated rings. The van der Waals surface area contributed by atoms with Gasteiger partial charge < -0.3 is 4.74 Å². The summed E-state index contributed by atoms with van der Waals surface area (Å²) >= 11 is 0. The smallest absolute Gasteiger partial charge is 0.333 e. The van der Waals surface area contributed by atoms with Crippen molar-refractivity contribution < 1.29 is 19.1 Å². The quantitative estimate of drug-likeness (QED) is 0.222. The highest BCUT2D eigenvalue weighted by molar-refractivity contribution is 6.39. The molecule has 0 aromatic heterocycles. The first-order chi connectivity index (χ1) is 10.4. The third-order valence-electron chi connectivity index (χ3n) is 3.56. The van der Waals surface area contributed by atoms with Crippen LogP contribution in [0.4, 0.5) is 0 Å². The van der Waals surface area contributed by atoms with Gasteiger partial charge in [-0.05, 0) is 19.8 Å². The van der Waals surface area contributed by atoms with Crippen molar-refractivity contribution in [2.75, 3.05) is 0 Å². The molecule has 0 aliphatic carbocycles. The summed E-state index contributed by atoms with van der Waals surface area (Å²) in [5.41, 5.74) is 0.237. The van der Waals surface area contributed by atoms with E-state index in [1.807, 2.05) is 0 Å². The minimum Gasteiger partial charge on any atom is -0.450 e. The Morgan fingerprint density at radius 2 is 1.50 bits per heavy atom. The number of carbonyl (C=O) groups excluding carboxylic acids is 3. The summed E-state index contributed by atoms with van der Waals surface area (Å²) in [6.07, 6.45) is 7.36. The maximum Gasteiger partial charge on any atom is 0.333 e. The number of ether oxygens (including phenoxy) is 1. The Balaban J connectivity index is 4.30. The Labute approximate surface area is 134 Å². The first kappa shape index (κ1) is 20.6. The lowest BCUT2D eigenvalue weighted by molar-refractivity contribution is -0.154. The Morgan fingerprint density at radius 1 is 0.955 bits per heavy atom. The maximum absolute atomic E-state index is 12.0. The van der Waals surface area contributed by atoms with Crippen molar-refractivity contribution in [1.82, 2.24) is 0 Å². The van der Waals surface area contributed by atoms with Crippen LogP contribution in [0.3, 0.4) is 0 Å². The normalized spacial score (nSPS) is 11.8. The van der Waals surface area contributed by atoms with Crippen LogP contribution < -0.4 is 0 Å². The molecule has 1 unspecified atom stereocenters. The molecule has 0 aromatic carbocycles. The van der Waals surface area contributed by atoms with Gasteiger partial charge in [0.15, 0.2) is 6.10 Å². The Morgan fingerprint density at radius 3 is 2.00 bits per heavy atom. The van der Waals surface area contributed by atoms with E-state index >= 15 is 0 Å². The fraction of sp³-hybridized carbons (Fsp3) is 0.722. The summed E-state index contributed by atoms with van der Waals surface area (Å²) in [7, 11) is 0. The number of rotatable bonds is 13. The Kier molecular flexibility index (Phi) is 11.3. The zero-order valence-corrected chi connectivity index (χ0v) is 14.3. The largest absolute Gasteiger partial charge is 0.450 e. The van der Waals surface area contributed by atoms with E-state index in [0.717, 1.165) is 19.3 Å². The van der Waals surface area contributed by atoms with Crippen molar-refractivity contribution in [2.45, 2.75) is 84.7 Å². The van der Waals surface area contributed by atoms with Gasteiger partial charge in [0, 0.05) is 12.0 Å². The zero-order valence-electron chi connectivity index (χ0n) is 14.3. The van der Waals surface area contributed by atoms with Crippen LogP contribution in [0.25, 0.3) is 0 Å². The highest BCUT2D eigenvalue weighted by Gasteiger charge is 2.27. The standard InChI is InChI=1S/C18H30O4/c1-5-7-8-9-10-11-12-13-16(17(20)15(19)6-2)22-18(21)14(3)4/h16H,3,5-13H2,1-2,4H3. The minimum atomic E-state index is -0.952. The highest BCUT2D eigenvalue weighted by atomic mass is 16.5. The summed E-state index contributed by atoms with van der Waals surface area (Å²) in [5, 5.41) is 0. The number of esters is 1. The fourth-order valence-electron chi connectivity index (χ4n) is 2.11. The molecule has 0 aliphatic rings. The second-order valence-electron chi connectivity index (χ2n) is 5.73. The molecule has 0 N–H and O–H groups in total. The summed E-state index contributed by atoms with van der Waals surface area (Å²) < 4.78 is 5.13. The van der Waals surface area contributed by atoms with Gasteiger partial charge in [0.05, 0.1) is 0 Å². The van der Waals surface area contributed by atoms with Crippen LogP contribution in [-0.4, -0.2) is 23.6 Å². The van der Waals surface area contributed by atoms with Gasteiger partial charge in [0.1, 0.15) is 0 Å². The molecule has 0 radical (unpaired) electrons. The van der Waals surface area contributed by atoms with Crippen molar-refractivity contribution in [3.63, 3.8) is 0 Å². The highest BCUT2D eigenvalue weighted by Crippen LogP contribution is 2.14. The number of Topliss-reactive ketones (excluding diaryl/α,β-unsaturated/α-hetero) is 2. The molecule has 126 valence electrons. The SMILES string of the molecule is C=C(C)C(=O)OC(CCCCCCCCC)C(=O)C(=O)CC. The number of ketones is 2. The van der Waals surface area contributed by atoms with Crippen molar-refractivity contribution >= 4 is 17.5 Å². The van der Waals surface area contributed by atoms with Crippen molar-refractivity contribution in [2.24, 2.45) is 0 Å². The average molecular weight is 310 g/mol. The Hall–Kier alpha value is -1.45. The predicted octanol–water partition coefficient (Wildman–Crippen LogP) is 4.16. The van der Waals surface area contributed by atoms with Crippen molar-refractivity contribution in [3.05, 3.63) is 12.2 Å². The summed E-state index contributed by atoms with van der Waals surface area (Å²) in [6.45, 7) is 8.83. The Bertz CT molecular complexity index is 385. The van der Waals surface area contributed by atoms with Crippen LogP contribution >= 0.6 is 0 Å². The second kappa shape index (κ2) is 12.1. The maximum atomic E-state index is 12.0. The summed E-state index contributed by atoms with van der Waals surface area (Å²) in [4.78, 5) is 35.1. The molecule has 0 spiro atoms. The second-order valence-corrected chi connectivity index (χ2v) is 5.73. The molecule has 4 heteroatoms. The van der Waals surface area contributed by atoms with E-state index in [9.17, 15) is 14.4 Å². The number of hydrogen-bond donors (Lipinski definition) is 0. The van der Waals surface area contributed by atoms with E-state index in [2.05, 4.69) is 13.5 Å². The summed E-state index contributed by atoms with van der Waals surface area (Å²) in [5.74, 6) is -1.68. The van der Waals surface area contributed by atoms with Crippen LogP contribution in [0.2, 0.25) is 0 Å². The number of hydrogen-bond acceptors (Lipinski definition) is 4. The number of unbranched alkanes of at least 4 members (excludes halogenated alkanes) is 6. The molecule has 4 nitrogen and oxygen atoms in total. The van der Waals surface area contributed by atoms with Gasteiger partial charge in [0.25, 0.3) is 0 Å². The van der Waals surface area contributed by atoms with Crippen LogP contribution in [0.1, 0.15) is 78.6 Å². The first-order valence-electron chi connectivity index (χ1n) is 8.37. The van der Waals surface area contributed by atoms with Gasteiger partial charge in [-0.2, -0.15) is 0 Å². The lowest BCUT2D eigenvalue weighted by atomic mass is 10.0. The zero-order chi connectivity index (χ0) is 17.0. The minimum absolute atomic E-state index is 0.136. The van der Waals surface area contributed by atoms with E-state index in [-0.39, 0.29) is 12.0 Å². The van der Waals surface area contributed by atoms with Gasteiger partial charge in [-0.15, -0.1) is 0 Å². The molecule has 1 atom stereocenters. The van der Waals surface area contributed by atoms with Gasteiger partial charge >= 0.3 is 5.97 Å². The van der Waals surface area contributed by atoms with E-state index in [4.69, 9.17) is 4.74 Å². The first-order valence-corrected chi connectivity index (χ1v) is 8.37. The molecular formula is C18H30O4. The lowest BCUT2D eigenvalue weighted by Crippen LogP contribution is -2.33. The summed E-state index contributed by atoms with van der Waals surface area (Å²) in [6, 6.07) is 0. The molecular weight excluding hydrogens is 280 g/mol. The third kappa shape index (κ3) is 8.75. The van der Waals surface area contributed by atoms with E-state index in [1.54, 1.807) is 6.92 Å². The predicted molar refractivity (Wildman–Crippen MR) is 87.6 cm³/mol. The van der Waals surface area contributed by atoms with Gasteiger partial charge in [-0.3, -0.25) is 9.59 Å². The van der Waals surface area contributed by atoms with Gasteiger partial charge in [-0.25, -0.2) is 4.79 Å². The van der Waals surface area contributed by atoms with Crippen LogP contribution in [0.5, 0.6) is 0 Å². The molecule has 0 heterocycles. The molecule has 0 rings (SSSR count). The van der Waals surface area contributed by atoms with Crippen molar-refractivity contribution in [1.29, 1.82) is 0 Å².